The molecule has 1 N–H and O–H groups in total. The first-order chi connectivity index (χ1) is 8.61. The van der Waals surface area contributed by atoms with Crippen molar-refractivity contribution in [1.82, 2.24) is 10.2 Å². The van der Waals surface area contributed by atoms with Gasteiger partial charge in [0.15, 0.2) is 0 Å². The number of carbonyl (C=O) groups excluding carboxylic acids is 2. The van der Waals surface area contributed by atoms with E-state index in [0.717, 1.165) is 12.2 Å². The largest absolute Gasteiger partial charge is 0.488 e. The zero-order valence-corrected chi connectivity index (χ0v) is 10.1. The van der Waals surface area contributed by atoms with Crippen LogP contribution in [0.1, 0.15) is 11.1 Å². The van der Waals surface area contributed by atoms with E-state index in [2.05, 4.69) is 11.4 Å². The highest BCUT2D eigenvalue weighted by molar-refractivity contribution is 6.01. The molecule has 3 rings (SSSR count). The van der Waals surface area contributed by atoms with Gasteiger partial charge in [0.25, 0.3) is 0 Å². The van der Waals surface area contributed by atoms with Gasteiger partial charge in [0.05, 0.1) is 6.54 Å². The van der Waals surface area contributed by atoms with E-state index in [1.807, 2.05) is 19.1 Å². The molecule has 1 aromatic rings. The predicted molar refractivity (Wildman–Crippen MR) is 64.4 cm³/mol. The molecular formula is C13H14N2O3. The van der Waals surface area contributed by atoms with Crippen LogP contribution in [0.3, 0.4) is 0 Å². The molecule has 1 saturated heterocycles. The van der Waals surface area contributed by atoms with Crippen LogP contribution >= 0.6 is 0 Å². The molecule has 1 fully saturated rings. The first-order valence-corrected chi connectivity index (χ1v) is 5.97. The zero-order chi connectivity index (χ0) is 12.7. The molecule has 1 aromatic carbocycles. The quantitative estimate of drug-likeness (QED) is 0.787. The number of nitrogens with zero attached hydrogens (tertiary/aromatic N) is 1. The fraction of sp³-hybridized carbons (Fsp3) is 0.385. The number of benzene rings is 1. The summed E-state index contributed by atoms with van der Waals surface area (Å²) in [5.41, 5.74) is 2.37. The van der Waals surface area contributed by atoms with E-state index < -0.39 is 0 Å². The smallest absolute Gasteiger partial charge is 0.324 e. The summed E-state index contributed by atoms with van der Waals surface area (Å²) in [6, 6.07) is 5.74. The van der Waals surface area contributed by atoms with Crippen LogP contribution < -0.4 is 10.1 Å². The number of hydrogen-bond donors (Lipinski definition) is 1. The van der Waals surface area contributed by atoms with Crippen LogP contribution in [-0.2, 0) is 11.2 Å². The normalized spacial score (nSPS) is 21.8. The van der Waals surface area contributed by atoms with Gasteiger partial charge in [-0.05, 0) is 18.6 Å². The zero-order valence-electron chi connectivity index (χ0n) is 10.1. The molecule has 2 aliphatic heterocycles. The van der Waals surface area contributed by atoms with E-state index in [9.17, 15) is 9.59 Å². The molecular weight excluding hydrogens is 232 g/mol. The molecule has 2 heterocycles. The average molecular weight is 246 g/mol. The number of hydrogen-bond acceptors (Lipinski definition) is 3. The van der Waals surface area contributed by atoms with Gasteiger partial charge in [0, 0.05) is 6.42 Å². The molecule has 1 atom stereocenters. The van der Waals surface area contributed by atoms with Gasteiger partial charge in [0.2, 0.25) is 5.91 Å². The van der Waals surface area contributed by atoms with Gasteiger partial charge in [0.1, 0.15) is 18.4 Å². The molecule has 94 valence electrons. The molecule has 1 unspecified atom stereocenters. The summed E-state index contributed by atoms with van der Waals surface area (Å²) in [5, 5.41) is 2.26. The molecule has 0 spiro atoms. The molecule has 5 heteroatoms. The Morgan fingerprint density at radius 3 is 3.00 bits per heavy atom. The van der Waals surface area contributed by atoms with Crippen molar-refractivity contribution in [3.05, 3.63) is 29.3 Å². The number of fused-ring (bicyclic) bond motifs is 1. The Bertz CT molecular complexity index is 527. The highest BCUT2D eigenvalue weighted by Gasteiger charge is 2.32. The van der Waals surface area contributed by atoms with E-state index in [1.54, 1.807) is 0 Å². The fourth-order valence-electron chi connectivity index (χ4n) is 2.43. The average Bonchev–Trinajstić information content (AvgIpc) is 2.82. The van der Waals surface area contributed by atoms with Crippen molar-refractivity contribution in [1.29, 1.82) is 0 Å². The van der Waals surface area contributed by atoms with E-state index in [-0.39, 0.29) is 24.6 Å². The lowest BCUT2D eigenvalue weighted by Gasteiger charge is -2.17. The lowest BCUT2D eigenvalue weighted by atomic mass is 10.1. The van der Waals surface area contributed by atoms with Crippen molar-refractivity contribution in [3.8, 4) is 5.75 Å². The third-order valence-electron chi connectivity index (χ3n) is 3.25. The maximum Gasteiger partial charge on any atom is 0.324 e. The van der Waals surface area contributed by atoms with Gasteiger partial charge in [-0.3, -0.25) is 10.1 Å². The SMILES string of the molecule is Cc1ccc2c(c1)CC(CN1CC(=O)NC1=O)O2. The van der Waals surface area contributed by atoms with Gasteiger partial charge in [-0.2, -0.15) is 0 Å². The van der Waals surface area contributed by atoms with Gasteiger partial charge in [-0.1, -0.05) is 17.7 Å². The number of urea groups is 1. The first-order valence-electron chi connectivity index (χ1n) is 5.97. The lowest BCUT2D eigenvalue weighted by Crippen LogP contribution is -2.37. The van der Waals surface area contributed by atoms with Crippen molar-refractivity contribution in [2.45, 2.75) is 19.4 Å². The molecule has 5 nitrogen and oxygen atoms in total. The summed E-state index contributed by atoms with van der Waals surface area (Å²) in [7, 11) is 0. The summed E-state index contributed by atoms with van der Waals surface area (Å²) in [6.07, 6.45) is 0.730. The Kier molecular flexibility index (Phi) is 2.47. The minimum atomic E-state index is -0.323. The van der Waals surface area contributed by atoms with E-state index in [0.29, 0.717) is 6.54 Å². The number of ether oxygens (including phenoxy) is 1. The Morgan fingerprint density at radius 1 is 1.44 bits per heavy atom. The highest BCUT2D eigenvalue weighted by atomic mass is 16.5. The second-order valence-electron chi connectivity index (χ2n) is 4.79. The number of amides is 3. The minimum absolute atomic E-state index is 0.0570. The Hall–Kier alpha value is -2.04. The van der Waals surface area contributed by atoms with E-state index in [1.165, 1.54) is 16.0 Å². The maximum atomic E-state index is 11.4. The van der Waals surface area contributed by atoms with Crippen LogP contribution in [0.25, 0.3) is 0 Å². The molecule has 0 aliphatic carbocycles. The van der Waals surface area contributed by atoms with Crippen LogP contribution in [-0.4, -0.2) is 36.0 Å². The molecule has 18 heavy (non-hydrogen) atoms. The van der Waals surface area contributed by atoms with Crippen LogP contribution in [0, 0.1) is 6.92 Å². The maximum absolute atomic E-state index is 11.4. The van der Waals surface area contributed by atoms with Gasteiger partial charge >= 0.3 is 6.03 Å². The molecule has 0 saturated carbocycles. The van der Waals surface area contributed by atoms with Crippen LogP contribution in [0.15, 0.2) is 18.2 Å². The Labute approximate surface area is 105 Å². The second-order valence-corrected chi connectivity index (χ2v) is 4.79. The van der Waals surface area contributed by atoms with Crippen molar-refractivity contribution >= 4 is 11.9 Å². The summed E-state index contributed by atoms with van der Waals surface area (Å²) in [6.45, 7) is 2.62. The first kappa shape index (κ1) is 11.1. The second kappa shape index (κ2) is 4.01. The van der Waals surface area contributed by atoms with Gasteiger partial charge < -0.3 is 9.64 Å². The minimum Gasteiger partial charge on any atom is -0.488 e. The van der Waals surface area contributed by atoms with Crippen LogP contribution in [0.4, 0.5) is 4.79 Å². The third kappa shape index (κ3) is 1.92. The standard InChI is InChI=1S/C13H14N2O3/c1-8-2-3-11-9(4-8)5-10(18-11)6-15-7-12(16)14-13(15)17/h2-4,10H,5-7H2,1H3,(H,14,16,17). The Balaban J connectivity index is 1.68. The summed E-state index contributed by atoms with van der Waals surface area (Å²) >= 11 is 0. The summed E-state index contributed by atoms with van der Waals surface area (Å²) in [4.78, 5) is 24.0. The number of rotatable bonds is 2. The summed E-state index contributed by atoms with van der Waals surface area (Å²) in [5.74, 6) is 0.642. The number of aryl methyl sites for hydroxylation is 1. The molecule has 0 bridgehead atoms. The van der Waals surface area contributed by atoms with Crippen molar-refractivity contribution in [2.75, 3.05) is 13.1 Å². The highest BCUT2D eigenvalue weighted by Crippen LogP contribution is 2.29. The van der Waals surface area contributed by atoms with Crippen molar-refractivity contribution in [3.63, 3.8) is 0 Å². The van der Waals surface area contributed by atoms with E-state index >= 15 is 0 Å². The molecule has 3 amide bonds. The van der Waals surface area contributed by atoms with Crippen molar-refractivity contribution in [2.24, 2.45) is 0 Å². The van der Waals surface area contributed by atoms with Crippen molar-refractivity contribution < 1.29 is 14.3 Å². The molecule has 0 aromatic heterocycles. The van der Waals surface area contributed by atoms with E-state index in [4.69, 9.17) is 4.74 Å². The topological polar surface area (TPSA) is 58.6 Å². The third-order valence-corrected chi connectivity index (χ3v) is 3.25. The van der Waals surface area contributed by atoms with Crippen LogP contribution in [0.5, 0.6) is 5.75 Å². The number of carbonyl (C=O) groups is 2. The monoisotopic (exact) mass is 246 g/mol. The van der Waals surface area contributed by atoms with Gasteiger partial charge in [-0.15, -0.1) is 0 Å². The summed E-state index contributed by atoms with van der Waals surface area (Å²) < 4.78 is 5.77. The predicted octanol–water partition coefficient (Wildman–Crippen LogP) is 0.850. The lowest BCUT2D eigenvalue weighted by molar-refractivity contribution is -0.118. The van der Waals surface area contributed by atoms with Crippen LogP contribution in [0.2, 0.25) is 0 Å². The molecule has 0 radical (unpaired) electrons. The van der Waals surface area contributed by atoms with Gasteiger partial charge in [-0.25, -0.2) is 4.79 Å². The number of imide groups is 1. The fourth-order valence-corrected chi connectivity index (χ4v) is 2.43. The molecule has 2 aliphatic rings. The number of nitrogens with one attached hydrogen (secondary N) is 1. The Morgan fingerprint density at radius 2 is 2.28 bits per heavy atom.